The molecule has 2 N–H and O–H groups in total. The molecule has 0 unspecified atom stereocenters. The number of nitrogens with one attached hydrogen (secondary N) is 2. The van der Waals surface area contributed by atoms with Gasteiger partial charge < -0.3 is 10.2 Å². The SMILES string of the molecule is CCN(CC)c1ccc(NC(=O)C(=O)Nc2nc(C)cs2)cc1. The van der Waals surface area contributed by atoms with Gasteiger partial charge in [-0.3, -0.25) is 14.9 Å². The summed E-state index contributed by atoms with van der Waals surface area (Å²) in [6.07, 6.45) is 0. The van der Waals surface area contributed by atoms with E-state index < -0.39 is 11.8 Å². The van der Waals surface area contributed by atoms with E-state index in [1.54, 1.807) is 17.5 Å². The number of nitrogens with zero attached hydrogens (tertiary/aromatic N) is 2. The first-order valence-electron chi connectivity index (χ1n) is 7.43. The largest absolute Gasteiger partial charge is 0.372 e. The second kappa shape index (κ2) is 7.73. The van der Waals surface area contributed by atoms with Crippen molar-refractivity contribution in [2.75, 3.05) is 28.6 Å². The first kappa shape index (κ1) is 17.0. The lowest BCUT2D eigenvalue weighted by Gasteiger charge is -2.21. The van der Waals surface area contributed by atoms with Gasteiger partial charge in [0.05, 0.1) is 5.69 Å². The summed E-state index contributed by atoms with van der Waals surface area (Å²) in [6, 6.07) is 7.41. The van der Waals surface area contributed by atoms with Crippen LogP contribution in [0.15, 0.2) is 29.6 Å². The van der Waals surface area contributed by atoms with Crippen LogP contribution in [0.3, 0.4) is 0 Å². The second-order valence-corrected chi connectivity index (χ2v) is 5.78. The van der Waals surface area contributed by atoms with E-state index in [0.717, 1.165) is 24.5 Å². The van der Waals surface area contributed by atoms with Crippen molar-refractivity contribution in [3.05, 3.63) is 35.3 Å². The number of aromatic nitrogens is 1. The van der Waals surface area contributed by atoms with E-state index in [1.165, 1.54) is 11.3 Å². The number of hydrogen-bond acceptors (Lipinski definition) is 5. The Morgan fingerprint density at radius 1 is 1.09 bits per heavy atom. The van der Waals surface area contributed by atoms with Crippen LogP contribution in [0, 0.1) is 6.92 Å². The molecule has 0 radical (unpaired) electrons. The van der Waals surface area contributed by atoms with E-state index in [4.69, 9.17) is 0 Å². The zero-order valence-electron chi connectivity index (χ0n) is 13.4. The summed E-state index contributed by atoms with van der Waals surface area (Å²) in [5.41, 5.74) is 2.46. The maximum Gasteiger partial charge on any atom is 0.315 e. The Labute approximate surface area is 139 Å². The highest BCUT2D eigenvalue weighted by Crippen LogP contribution is 2.18. The predicted octanol–water partition coefficient (Wildman–Crippen LogP) is 2.87. The molecule has 0 atom stereocenters. The Bertz CT molecular complexity index is 678. The summed E-state index contributed by atoms with van der Waals surface area (Å²) in [5, 5.41) is 7.28. The minimum Gasteiger partial charge on any atom is -0.372 e. The molecule has 2 rings (SSSR count). The van der Waals surface area contributed by atoms with Crippen LogP contribution in [-0.2, 0) is 9.59 Å². The molecule has 0 aliphatic rings. The van der Waals surface area contributed by atoms with Crippen molar-refractivity contribution in [2.24, 2.45) is 0 Å². The van der Waals surface area contributed by atoms with Gasteiger partial charge in [-0.05, 0) is 45.0 Å². The summed E-state index contributed by atoms with van der Waals surface area (Å²) in [5.74, 6) is -1.44. The Morgan fingerprint density at radius 2 is 1.70 bits per heavy atom. The third-order valence-electron chi connectivity index (χ3n) is 3.30. The van der Waals surface area contributed by atoms with Gasteiger partial charge in [0.1, 0.15) is 0 Å². The minimum atomic E-state index is -0.729. The van der Waals surface area contributed by atoms with Gasteiger partial charge in [0.15, 0.2) is 5.13 Å². The van der Waals surface area contributed by atoms with Crippen molar-refractivity contribution >= 4 is 39.7 Å². The Morgan fingerprint density at radius 3 is 2.22 bits per heavy atom. The van der Waals surface area contributed by atoms with Crippen LogP contribution in [0.4, 0.5) is 16.5 Å². The molecule has 6 nitrogen and oxygen atoms in total. The van der Waals surface area contributed by atoms with Crippen LogP contribution in [-0.4, -0.2) is 29.9 Å². The Kier molecular flexibility index (Phi) is 5.70. The minimum absolute atomic E-state index is 0.416. The molecule has 1 aromatic carbocycles. The normalized spacial score (nSPS) is 10.2. The topological polar surface area (TPSA) is 74.3 Å². The maximum atomic E-state index is 11.9. The highest BCUT2D eigenvalue weighted by atomic mass is 32.1. The first-order valence-corrected chi connectivity index (χ1v) is 8.31. The number of carbonyl (C=O) groups is 2. The van der Waals surface area contributed by atoms with Gasteiger partial charge in [0.2, 0.25) is 0 Å². The lowest BCUT2D eigenvalue weighted by Crippen LogP contribution is -2.29. The molecule has 2 amide bonds. The third-order valence-corrected chi connectivity index (χ3v) is 4.18. The molecular formula is C16H20N4O2S. The molecule has 0 fully saturated rings. The number of benzene rings is 1. The summed E-state index contributed by atoms with van der Waals surface area (Å²) in [4.78, 5) is 30.0. The van der Waals surface area contributed by atoms with Gasteiger partial charge in [-0.2, -0.15) is 0 Å². The van der Waals surface area contributed by atoms with Crippen LogP contribution in [0.5, 0.6) is 0 Å². The van der Waals surface area contributed by atoms with E-state index in [1.807, 2.05) is 19.1 Å². The highest BCUT2D eigenvalue weighted by molar-refractivity contribution is 7.14. The van der Waals surface area contributed by atoms with Crippen molar-refractivity contribution in [3.8, 4) is 0 Å². The van der Waals surface area contributed by atoms with Crippen molar-refractivity contribution in [1.29, 1.82) is 0 Å². The lowest BCUT2D eigenvalue weighted by atomic mass is 10.2. The predicted molar refractivity (Wildman–Crippen MR) is 94.1 cm³/mol. The average Bonchev–Trinajstić information content (AvgIpc) is 2.95. The van der Waals surface area contributed by atoms with Crippen molar-refractivity contribution < 1.29 is 9.59 Å². The van der Waals surface area contributed by atoms with Crippen LogP contribution in [0.25, 0.3) is 0 Å². The Balaban J connectivity index is 1.95. The zero-order chi connectivity index (χ0) is 16.8. The quantitative estimate of drug-likeness (QED) is 0.826. The summed E-state index contributed by atoms with van der Waals surface area (Å²) in [7, 11) is 0. The van der Waals surface area contributed by atoms with Crippen molar-refractivity contribution in [3.63, 3.8) is 0 Å². The zero-order valence-corrected chi connectivity index (χ0v) is 14.2. The van der Waals surface area contributed by atoms with Gasteiger partial charge >= 0.3 is 11.8 Å². The molecule has 1 heterocycles. The molecule has 0 aliphatic carbocycles. The van der Waals surface area contributed by atoms with Gasteiger partial charge in [-0.15, -0.1) is 11.3 Å². The molecule has 0 saturated heterocycles. The molecule has 2 aromatic rings. The van der Waals surface area contributed by atoms with E-state index >= 15 is 0 Å². The van der Waals surface area contributed by atoms with E-state index in [0.29, 0.717) is 10.8 Å². The number of carbonyl (C=O) groups excluding carboxylic acids is 2. The fourth-order valence-corrected chi connectivity index (χ4v) is 2.78. The fraction of sp³-hybridized carbons (Fsp3) is 0.312. The molecule has 23 heavy (non-hydrogen) atoms. The van der Waals surface area contributed by atoms with E-state index in [9.17, 15) is 9.59 Å². The number of hydrogen-bond donors (Lipinski definition) is 2. The number of anilines is 3. The molecule has 0 spiro atoms. The fourth-order valence-electron chi connectivity index (χ4n) is 2.10. The second-order valence-electron chi connectivity index (χ2n) is 4.92. The smallest absolute Gasteiger partial charge is 0.315 e. The number of aryl methyl sites for hydroxylation is 1. The van der Waals surface area contributed by atoms with Crippen LogP contribution < -0.4 is 15.5 Å². The standard InChI is InChI=1S/C16H20N4O2S/c1-4-20(5-2)13-8-6-12(7-9-13)18-14(21)15(22)19-16-17-11(3)10-23-16/h6-10H,4-5H2,1-3H3,(H,18,21)(H,17,19,22). The first-order chi connectivity index (χ1) is 11.0. The summed E-state index contributed by atoms with van der Waals surface area (Å²) in [6.45, 7) is 7.83. The third kappa shape index (κ3) is 4.53. The average molecular weight is 332 g/mol. The number of rotatable bonds is 5. The maximum absolute atomic E-state index is 11.9. The molecule has 7 heteroatoms. The van der Waals surface area contributed by atoms with E-state index in [2.05, 4.69) is 34.4 Å². The number of amides is 2. The van der Waals surface area contributed by atoms with Crippen LogP contribution in [0.1, 0.15) is 19.5 Å². The van der Waals surface area contributed by atoms with Gasteiger partial charge in [0, 0.05) is 29.8 Å². The molecule has 0 saturated carbocycles. The van der Waals surface area contributed by atoms with Crippen LogP contribution >= 0.6 is 11.3 Å². The summed E-state index contributed by atoms with van der Waals surface area (Å²) < 4.78 is 0. The molecular weight excluding hydrogens is 312 g/mol. The molecule has 122 valence electrons. The van der Waals surface area contributed by atoms with Crippen molar-refractivity contribution in [2.45, 2.75) is 20.8 Å². The summed E-state index contributed by atoms with van der Waals surface area (Å²) >= 11 is 1.28. The molecule has 0 bridgehead atoms. The van der Waals surface area contributed by atoms with Crippen LogP contribution in [0.2, 0.25) is 0 Å². The highest BCUT2D eigenvalue weighted by Gasteiger charge is 2.15. The monoisotopic (exact) mass is 332 g/mol. The van der Waals surface area contributed by atoms with E-state index in [-0.39, 0.29) is 0 Å². The van der Waals surface area contributed by atoms with Gasteiger partial charge in [-0.1, -0.05) is 0 Å². The van der Waals surface area contributed by atoms with Crippen molar-refractivity contribution in [1.82, 2.24) is 4.98 Å². The van der Waals surface area contributed by atoms with Gasteiger partial charge in [0.25, 0.3) is 0 Å². The number of thiazole rings is 1. The molecule has 1 aromatic heterocycles. The molecule has 0 aliphatic heterocycles. The lowest BCUT2D eigenvalue weighted by molar-refractivity contribution is -0.132. The Hall–Kier alpha value is -2.41. The van der Waals surface area contributed by atoms with Gasteiger partial charge in [-0.25, -0.2) is 4.98 Å².